The highest BCUT2D eigenvalue weighted by molar-refractivity contribution is 7.09. The Morgan fingerprint density at radius 1 is 1.00 bits per heavy atom. The Balaban J connectivity index is 1.21. The molecule has 1 saturated heterocycles. The number of hydrogen-bond acceptors (Lipinski definition) is 5. The third-order valence-corrected chi connectivity index (χ3v) is 14.1. The smallest absolute Gasteiger partial charge is 0.410 e. The minimum Gasteiger partial charge on any atom is -0.440 e. The molecule has 220 valence electrons. The van der Waals surface area contributed by atoms with Gasteiger partial charge >= 0.3 is 6.09 Å². The van der Waals surface area contributed by atoms with Crippen LogP contribution in [0.15, 0.2) is 71.6 Å². The third kappa shape index (κ3) is 3.29. The zero-order valence-electron chi connectivity index (χ0n) is 24.7. The standard InChI is InChI=1S/C36H41NO4S/c1-32-14-10-25(38)21-34(32)17-18-36(27(22-34)30(39)24-7-4-3-5-8-24)28(32)11-15-33(2)29(36)12-16-35(33)23-37(31(40)41-35)19-13-26-9-6-20-42-26/h3-9,17-18,20,22,25,28-29,38H,10-16,19,21,23H2,1-2H3/t25-,28+,29+,32+,33-,34-,35+,36+/m0/s1. The number of aliphatic hydroxyl groups is 1. The van der Waals surface area contributed by atoms with Crippen LogP contribution in [0.2, 0.25) is 0 Å². The van der Waals surface area contributed by atoms with E-state index in [4.69, 9.17) is 4.74 Å². The molecule has 2 bridgehead atoms. The molecule has 1 N–H and O–H groups in total. The van der Waals surface area contributed by atoms with Crippen LogP contribution in [-0.4, -0.2) is 46.7 Å². The fourth-order valence-electron chi connectivity index (χ4n) is 11.0. The van der Waals surface area contributed by atoms with E-state index in [1.54, 1.807) is 11.3 Å². The van der Waals surface area contributed by atoms with Gasteiger partial charge in [0.1, 0.15) is 5.60 Å². The molecule has 8 atom stereocenters. The van der Waals surface area contributed by atoms with E-state index in [9.17, 15) is 14.7 Å². The fourth-order valence-corrected chi connectivity index (χ4v) is 11.7. The quantitative estimate of drug-likeness (QED) is 0.298. The Labute approximate surface area is 252 Å². The lowest BCUT2D eigenvalue weighted by molar-refractivity contribution is -0.164. The number of carbonyl (C=O) groups is 2. The van der Waals surface area contributed by atoms with Crippen LogP contribution in [0.4, 0.5) is 4.79 Å². The molecule has 1 aliphatic heterocycles. The lowest BCUT2D eigenvalue weighted by Gasteiger charge is -2.71. The number of nitrogens with zero attached hydrogens (tertiary/aromatic N) is 1. The number of allylic oxidation sites excluding steroid dienone is 4. The largest absolute Gasteiger partial charge is 0.440 e. The van der Waals surface area contributed by atoms with Crippen molar-refractivity contribution in [1.29, 1.82) is 0 Å². The number of aliphatic hydroxyl groups excluding tert-OH is 1. The predicted octanol–water partition coefficient (Wildman–Crippen LogP) is 7.22. The number of ether oxygens (including phenoxy) is 1. The Kier molecular flexibility index (Phi) is 5.71. The summed E-state index contributed by atoms with van der Waals surface area (Å²) in [6.07, 6.45) is 13.7. The molecule has 1 amide bonds. The van der Waals surface area contributed by atoms with E-state index in [0.29, 0.717) is 25.4 Å². The molecular formula is C36H41NO4S. The molecule has 3 spiro atoms. The van der Waals surface area contributed by atoms with Crippen LogP contribution in [0.1, 0.15) is 74.0 Å². The van der Waals surface area contributed by atoms with Gasteiger partial charge in [0.05, 0.1) is 12.6 Å². The molecule has 9 rings (SSSR count). The van der Waals surface area contributed by atoms with Crippen LogP contribution in [0.25, 0.3) is 0 Å². The molecule has 4 fully saturated rings. The first-order chi connectivity index (χ1) is 20.2. The first-order valence-electron chi connectivity index (χ1n) is 15.9. The molecule has 6 aliphatic carbocycles. The van der Waals surface area contributed by atoms with Gasteiger partial charge in [-0.15, -0.1) is 11.3 Å². The summed E-state index contributed by atoms with van der Waals surface area (Å²) in [6, 6.07) is 13.9. The molecule has 3 saturated carbocycles. The zero-order chi connectivity index (χ0) is 29.0. The van der Waals surface area contributed by atoms with E-state index in [1.165, 1.54) is 4.88 Å². The molecule has 7 aliphatic rings. The lowest BCUT2D eigenvalue weighted by atomic mass is 9.32. The van der Waals surface area contributed by atoms with Crippen LogP contribution in [0.3, 0.4) is 0 Å². The maximum atomic E-state index is 14.5. The molecule has 42 heavy (non-hydrogen) atoms. The maximum absolute atomic E-state index is 14.5. The van der Waals surface area contributed by atoms with Crippen molar-refractivity contribution < 1.29 is 19.4 Å². The van der Waals surface area contributed by atoms with E-state index < -0.39 is 11.0 Å². The van der Waals surface area contributed by atoms with Gasteiger partial charge in [-0.05, 0) is 80.1 Å². The van der Waals surface area contributed by atoms with Crippen LogP contribution < -0.4 is 0 Å². The Hall–Kier alpha value is -2.70. The number of fused-ring (bicyclic) bond motifs is 2. The van der Waals surface area contributed by atoms with Crippen molar-refractivity contribution in [2.45, 2.75) is 76.9 Å². The number of hydrogen-bond donors (Lipinski definition) is 1. The average Bonchev–Trinajstić information content (AvgIpc) is 3.70. The highest BCUT2D eigenvalue weighted by Gasteiger charge is 2.76. The molecule has 0 radical (unpaired) electrons. The summed E-state index contributed by atoms with van der Waals surface area (Å²) in [7, 11) is 0. The van der Waals surface area contributed by atoms with Crippen LogP contribution in [-0.2, 0) is 11.2 Å². The van der Waals surface area contributed by atoms with Gasteiger partial charge in [0.25, 0.3) is 0 Å². The maximum Gasteiger partial charge on any atom is 0.410 e. The van der Waals surface area contributed by atoms with E-state index >= 15 is 0 Å². The van der Waals surface area contributed by atoms with E-state index in [-0.39, 0.29) is 40.1 Å². The summed E-state index contributed by atoms with van der Waals surface area (Å²) in [5, 5.41) is 13.0. The van der Waals surface area contributed by atoms with Gasteiger partial charge < -0.3 is 14.7 Å². The molecule has 1 aromatic heterocycles. The number of thiophene rings is 1. The lowest BCUT2D eigenvalue weighted by Crippen LogP contribution is -2.67. The molecule has 6 heteroatoms. The van der Waals surface area contributed by atoms with Gasteiger partial charge in [-0.1, -0.05) is 68.5 Å². The zero-order valence-corrected chi connectivity index (χ0v) is 25.5. The van der Waals surface area contributed by atoms with Gasteiger partial charge in [-0.25, -0.2) is 4.79 Å². The van der Waals surface area contributed by atoms with Crippen molar-refractivity contribution in [3.8, 4) is 0 Å². The summed E-state index contributed by atoms with van der Waals surface area (Å²) < 4.78 is 6.50. The summed E-state index contributed by atoms with van der Waals surface area (Å²) in [5.41, 5.74) is 0.169. The van der Waals surface area contributed by atoms with Crippen molar-refractivity contribution in [1.82, 2.24) is 4.90 Å². The summed E-state index contributed by atoms with van der Waals surface area (Å²) >= 11 is 1.74. The number of benzene rings is 1. The summed E-state index contributed by atoms with van der Waals surface area (Å²) in [5.74, 6) is 0.638. The first kappa shape index (κ1) is 26.9. The van der Waals surface area contributed by atoms with Crippen LogP contribution in [0, 0.1) is 33.5 Å². The average molecular weight is 584 g/mol. The minimum atomic E-state index is -0.533. The van der Waals surface area contributed by atoms with Gasteiger partial charge in [0.2, 0.25) is 0 Å². The monoisotopic (exact) mass is 583 g/mol. The van der Waals surface area contributed by atoms with Crippen molar-refractivity contribution in [2.75, 3.05) is 13.1 Å². The Bertz CT molecular complexity index is 1500. The van der Waals surface area contributed by atoms with Crippen molar-refractivity contribution in [2.24, 2.45) is 33.5 Å². The SMILES string of the molecule is C[C@]12CC[C@H]3[C@]4(C=C[C@@]5(C=C4C(=O)c4ccccc4)C[C@@H](O)CC[C@]35C)[C@@H]1CC[C@@]21CN(CCc2cccs2)C(=O)O1. The molecule has 2 aromatic rings. The molecule has 5 nitrogen and oxygen atoms in total. The van der Waals surface area contributed by atoms with Crippen LogP contribution in [0.5, 0.6) is 0 Å². The number of ketones is 1. The second-order valence-electron chi connectivity index (χ2n) is 14.6. The summed E-state index contributed by atoms with van der Waals surface area (Å²) in [4.78, 5) is 31.2. The highest BCUT2D eigenvalue weighted by atomic mass is 32.1. The normalized spacial score (nSPS) is 43.1. The Morgan fingerprint density at radius 3 is 2.55 bits per heavy atom. The van der Waals surface area contributed by atoms with Crippen molar-refractivity contribution >= 4 is 23.2 Å². The molecule has 1 aromatic carbocycles. The number of Topliss-reactive ketones (excluding diaryl/α,β-unsaturated/α-hetero) is 1. The van der Waals surface area contributed by atoms with E-state index in [0.717, 1.165) is 56.1 Å². The topological polar surface area (TPSA) is 66.8 Å². The van der Waals surface area contributed by atoms with E-state index in [2.05, 4.69) is 49.6 Å². The van der Waals surface area contributed by atoms with E-state index in [1.807, 2.05) is 35.2 Å². The minimum absolute atomic E-state index is 0.0162. The number of amides is 1. The Morgan fingerprint density at radius 2 is 1.76 bits per heavy atom. The van der Waals surface area contributed by atoms with Crippen molar-refractivity contribution in [3.05, 3.63) is 82.1 Å². The second kappa shape index (κ2) is 8.92. The number of rotatable bonds is 5. The van der Waals surface area contributed by atoms with Gasteiger partial charge in [0, 0.05) is 38.8 Å². The second-order valence-corrected chi connectivity index (χ2v) is 15.6. The van der Waals surface area contributed by atoms with Gasteiger partial charge in [0.15, 0.2) is 5.78 Å². The summed E-state index contributed by atoms with van der Waals surface area (Å²) in [6.45, 7) is 6.12. The van der Waals surface area contributed by atoms with Gasteiger partial charge in [-0.2, -0.15) is 0 Å². The van der Waals surface area contributed by atoms with Crippen molar-refractivity contribution in [3.63, 3.8) is 0 Å². The molecule has 2 heterocycles. The molecule has 0 unspecified atom stereocenters. The third-order valence-electron chi connectivity index (χ3n) is 13.2. The fraction of sp³-hybridized carbons (Fsp3) is 0.556. The van der Waals surface area contributed by atoms with Crippen LogP contribution >= 0.6 is 11.3 Å². The highest BCUT2D eigenvalue weighted by Crippen LogP contribution is 2.79. The molecular weight excluding hydrogens is 542 g/mol. The van der Waals surface area contributed by atoms with Gasteiger partial charge in [-0.3, -0.25) is 4.79 Å². The first-order valence-corrected chi connectivity index (χ1v) is 16.8. The number of carbonyl (C=O) groups excluding carboxylic acids is 2. The predicted molar refractivity (Wildman–Crippen MR) is 163 cm³/mol.